The number of aliphatic hydroxyl groups excluding tert-OH is 1. The lowest BCUT2D eigenvalue weighted by Crippen LogP contribution is -2.60. The molecular weight excluding hydrogens is 987 g/mol. The van der Waals surface area contributed by atoms with Gasteiger partial charge < -0.3 is 96.7 Å². The van der Waals surface area contributed by atoms with Crippen LogP contribution >= 0.6 is 0 Å². The van der Waals surface area contributed by atoms with Crippen molar-refractivity contribution in [2.24, 2.45) is 34.6 Å². The Morgan fingerprint density at radius 1 is 0.600 bits per heavy atom. The third-order valence-electron chi connectivity index (χ3n) is 11.8. The molecule has 30 nitrogen and oxygen atoms in total. The lowest BCUT2D eigenvalue weighted by molar-refractivity contribution is -0.145. The van der Waals surface area contributed by atoms with E-state index in [4.69, 9.17) is 39.5 Å². The van der Waals surface area contributed by atoms with Gasteiger partial charge in [-0.3, -0.25) is 54.0 Å². The van der Waals surface area contributed by atoms with Crippen LogP contribution in [0.2, 0.25) is 0 Å². The monoisotopic (exact) mass is 1070 g/mol. The number of nitrogens with zero attached hydrogens (tertiary/aromatic N) is 1. The second-order valence-corrected chi connectivity index (χ2v) is 18.6. The van der Waals surface area contributed by atoms with Crippen molar-refractivity contribution < 1.29 is 63.3 Å². The van der Waals surface area contributed by atoms with Crippen molar-refractivity contribution in [3.8, 4) is 0 Å². The van der Waals surface area contributed by atoms with E-state index in [1.807, 2.05) is 0 Å². The first-order valence-electron chi connectivity index (χ1n) is 25.2. The van der Waals surface area contributed by atoms with Gasteiger partial charge in [-0.2, -0.15) is 0 Å². The number of aliphatic hydroxyl groups is 1. The summed E-state index contributed by atoms with van der Waals surface area (Å²) in [7, 11) is 0. The number of hydrogen-bond acceptors (Lipinski definition) is 16. The zero-order valence-electron chi connectivity index (χ0n) is 43.0. The van der Waals surface area contributed by atoms with Crippen LogP contribution in [-0.4, -0.2) is 186 Å². The number of guanidine groups is 2. The highest BCUT2D eigenvalue weighted by atomic mass is 16.4. The number of amides is 8. The van der Waals surface area contributed by atoms with Crippen LogP contribution in [0.4, 0.5) is 0 Å². The Balaban J connectivity index is 3.24. The average Bonchev–Trinajstić information content (AvgIpc) is 3.85. The number of aliphatic carboxylic acids is 2. The van der Waals surface area contributed by atoms with Crippen LogP contribution in [-0.2, 0) is 47.9 Å². The van der Waals surface area contributed by atoms with E-state index in [1.165, 1.54) is 0 Å². The van der Waals surface area contributed by atoms with Gasteiger partial charge in [0.1, 0.15) is 42.3 Å². The zero-order valence-corrected chi connectivity index (χ0v) is 43.0. The van der Waals surface area contributed by atoms with Gasteiger partial charge in [0, 0.05) is 26.1 Å². The molecule has 1 aliphatic rings. The molecule has 426 valence electrons. The average molecular weight is 1070 g/mol. The summed E-state index contributed by atoms with van der Waals surface area (Å²) in [5.74, 6) is -10.2. The molecule has 1 heterocycles. The smallest absolute Gasteiger partial charge is 0.326 e. The fourth-order valence-corrected chi connectivity index (χ4v) is 7.81. The van der Waals surface area contributed by atoms with Gasteiger partial charge in [0.05, 0.1) is 19.2 Å². The molecule has 30 heteroatoms. The number of rotatable bonds is 38. The summed E-state index contributed by atoms with van der Waals surface area (Å²) >= 11 is 0. The molecule has 1 saturated heterocycles. The highest BCUT2D eigenvalue weighted by molar-refractivity contribution is 5.98. The van der Waals surface area contributed by atoms with Gasteiger partial charge in [-0.1, -0.05) is 13.8 Å². The van der Waals surface area contributed by atoms with Gasteiger partial charge in [0.2, 0.25) is 47.3 Å². The molecule has 75 heavy (non-hydrogen) atoms. The van der Waals surface area contributed by atoms with Crippen molar-refractivity contribution in [1.82, 2.24) is 52.8 Å². The number of carbonyl (C=O) groups excluding carboxylic acids is 8. The molecule has 0 spiro atoms. The number of unbranched alkanes of at least 4 members (excludes halogenated alkanes) is 2. The molecule has 8 amide bonds. The first-order valence-corrected chi connectivity index (χ1v) is 25.2. The Hall–Kier alpha value is -6.92. The van der Waals surface area contributed by atoms with Crippen LogP contribution in [0.15, 0.2) is 0 Å². The van der Waals surface area contributed by atoms with E-state index in [9.17, 15) is 63.3 Å². The Kier molecular flexibility index (Phi) is 31.8. The number of hydrogen-bond donors (Lipinski definition) is 19. The lowest BCUT2D eigenvalue weighted by atomic mass is 10.0. The maximum absolute atomic E-state index is 14.0. The minimum absolute atomic E-state index is 0.00446. The van der Waals surface area contributed by atoms with Crippen LogP contribution < -0.4 is 76.5 Å². The van der Waals surface area contributed by atoms with Crippen molar-refractivity contribution in [1.29, 1.82) is 10.8 Å². The zero-order chi connectivity index (χ0) is 56.6. The quantitative estimate of drug-likeness (QED) is 0.0156. The summed E-state index contributed by atoms with van der Waals surface area (Å²) in [6.07, 6.45) is 1.96. The summed E-state index contributed by atoms with van der Waals surface area (Å²) in [4.78, 5) is 133. The minimum atomic E-state index is -1.59. The second kappa shape index (κ2) is 36.1. The Labute approximate surface area is 436 Å². The molecule has 24 N–H and O–H groups in total. The number of nitrogens with one attached hydrogen (secondary N) is 11. The van der Waals surface area contributed by atoms with E-state index >= 15 is 0 Å². The third-order valence-corrected chi connectivity index (χ3v) is 11.8. The predicted octanol–water partition coefficient (Wildman–Crippen LogP) is -5.90. The number of likely N-dealkylation sites (tertiary alicyclic amines) is 1. The van der Waals surface area contributed by atoms with Crippen molar-refractivity contribution in [2.75, 3.05) is 45.9 Å². The van der Waals surface area contributed by atoms with E-state index in [0.717, 1.165) is 4.90 Å². The van der Waals surface area contributed by atoms with Gasteiger partial charge in [-0.05, 0) is 109 Å². The lowest BCUT2D eigenvalue weighted by Gasteiger charge is -2.30. The number of carboxylic acids is 2. The molecule has 0 saturated carbocycles. The van der Waals surface area contributed by atoms with Crippen LogP contribution in [0.3, 0.4) is 0 Å². The third kappa shape index (κ3) is 26.7. The largest absolute Gasteiger partial charge is 0.481 e. The summed E-state index contributed by atoms with van der Waals surface area (Å²) in [5, 5.41) is 66.6. The Morgan fingerprint density at radius 2 is 1.09 bits per heavy atom. The van der Waals surface area contributed by atoms with E-state index < -0.39 is 134 Å². The number of carboxylic acid groups (broad SMARTS) is 2. The standard InChI is InChI=1S/C45H83N17O13/c1-25(2)22-31(40(71)58-28(11-3-5-17-46)38(69)61-32(24-63)42(73)62-21-9-14-33(62)41(72)59-30(43(74)75)12-4-6-18-47)60-39(70)29(15-16-35(65)66)56-34(64)23-55-37(68)27(13-8-20-54-45(51)52)57-36(67)26(48)10-7-19-53-44(49)50/h25-33,63H,3-24,46-48H2,1-2H3,(H,55,68)(H,56,64)(H,57,67)(H,58,71)(H,59,72)(H,60,70)(H,61,69)(H,65,66)(H,74,75)(H4,49,50,53)(H4,51,52,54)/t26-,27-,28-,29-,30-,31-,32-,33-/m0/s1. The summed E-state index contributed by atoms with van der Waals surface area (Å²) < 4.78 is 0. The van der Waals surface area contributed by atoms with Crippen LogP contribution in [0.5, 0.6) is 0 Å². The van der Waals surface area contributed by atoms with Gasteiger partial charge >= 0.3 is 11.9 Å². The fraction of sp³-hybridized carbons (Fsp3) is 0.733. The van der Waals surface area contributed by atoms with E-state index in [-0.39, 0.29) is 89.0 Å². The summed E-state index contributed by atoms with van der Waals surface area (Å²) in [6.45, 7) is 2.83. The van der Waals surface area contributed by atoms with Gasteiger partial charge in [0.15, 0.2) is 11.9 Å². The first-order chi connectivity index (χ1) is 35.4. The molecular formula is C45H83N17O13. The summed E-state index contributed by atoms with van der Waals surface area (Å²) in [5.41, 5.74) is 27.8. The first kappa shape index (κ1) is 66.1. The van der Waals surface area contributed by atoms with Crippen molar-refractivity contribution in [3.05, 3.63) is 0 Å². The molecule has 0 aromatic heterocycles. The highest BCUT2D eigenvalue weighted by Gasteiger charge is 2.40. The molecule has 0 aromatic carbocycles. The van der Waals surface area contributed by atoms with Crippen molar-refractivity contribution >= 4 is 71.1 Å². The van der Waals surface area contributed by atoms with E-state index in [2.05, 4.69) is 47.9 Å². The topological polar surface area (TPSA) is 521 Å². The van der Waals surface area contributed by atoms with Crippen molar-refractivity contribution in [2.45, 2.75) is 158 Å². The van der Waals surface area contributed by atoms with Gasteiger partial charge in [-0.15, -0.1) is 0 Å². The van der Waals surface area contributed by atoms with Crippen LogP contribution in [0.25, 0.3) is 0 Å². The Morgan fingerprint density at radius 3 is 1.63 bits per heavy atom. The van der Waals surface area contributed by atoms with E-state index in [0.29, 0.717) is 45.1 Å². The molecule has 1 rings (SSSR count). The van der Waals surface area contributed by atoms with Gasteiger partial charge in [-0.25, -0.2) is 4.79 Å². The van der Waals surface area contributed by atoms with Crippen LogP contribution in [0, 0.1) is 16.7 Å². The summed E-state index contributed by atoms with van der Waals surface area (Å²) in [6, 6.07) is -10.5. The predicted molar refractivity (Wildman–Crippen MR) is 272 cm³/mol. The van der Waals surface area contributed by atoms with Crippen molar-refractivity contribution in [3.63, 3.8) is 0 Å². The minimum Gasteiger partial charge on any atom is -0.481 e. The normalized spacial score (nSPS) is 15.8. The van der Waals surface area contributed by atoms with Crippen LogP contribution in [0.1, 0.15) is 110 Å². The maximum Gasteiger partial charge on any atom is 0.326 e. The maximum atomic E-state index is 14.0. The molecule has 0 bridgehead atoms. The van der Waals surface area contributed by atoms with Gasteiger partial charge in [0.25, 0.3) is 0 Å². The molecule has 0 aliphatic carbocycles. The van der Waals surface area contributed by atoms with E-state index in [1.54, 1.807) is 13.8 Å². The SMILES string of the molecule is CC(C)C[C@H](NC(=O)[C@H](CCC(=O)O)NC(=O)CNC(=O)[C@H](CCCNC(=N)N)NC(=O)[C@@H](N)CCCNC(=N)N)C(=O)N[C@@H](CCCCN)C(=O)N[C@@H](CO)C(=O)N1CCC[C@H]1C(=O)N[C@@H](CCCCN)C(=O)O. The highest BCUT2D eigenvalue weighted by Crippen LogP contribution is 2.20. The molecule has 0 unspecified atom stereocenters. The number of carbonyl (C=O) groups is 10. The molecule has 0 aromatic rings. The molecule has 1 fully saturated rings. The fourth-order valence-electron chi connectivity index (χ4n) is 7.81. The Bertz CT molecular complexity index is 1930. The second-order valence-electron chi connectivity index (χ2n) is 18.6. The molecule has 0 radical (unpaired) electrons. The number of nitrogens with two attached hydrogens (primary N) is 5. The molecule has 8 atom stereocenters. The molecule has 1 aliphatic heterocycles.